The molecular formula is C14H17N7. The Labute approximate surface area is 122 Å². The van der Waals surface area contributed by atoms with Gasteiger partial charge in [-0.25, -0.2) is 9.50 Å². The van der Waals surface area contributed by atoms with Crippen LogP contribution in [0.2, 0.25) is 0 Å². The van der Waals surface area contributed by atoms with Crippen LogP contribution in [0.3, 0.4) is 0 Å². The minimum absolute atomic E-state index is 0.481. The van der Waals surface area contributed by atoms with Crippen LogP contribution in [0.25, 0.3) is 16.8 Å². The van der Waals surface area contributed by atoms with Crippen LogP contribution in [-0.4, -0.2) is 37.5 Å². The normalized spacial score (nSPS) is 15.2. The second-order valence-corrected chi connectivity index (χ2v) is 5.41. The van der Waals surface area contributed by atoms with Crippen molar-refractivity contribution in [3.8, 4) is 11.1 Å². The zero-order chi connectivity index (χ0) is 14.4. The van der Waals surface area contributed by atoms with Crippen molar-refractivity contribution >= 4 is 17.3 Å². The van der Waals surface area contributed by atoms with Crippen LogP contribution in [0.5, 0.6) is 0 Å². The molecule has 0 amide bonds. The van der Waals surface area contributed by atoms with Crippen molar-refractivity contribution in [3.63, 3.8) is 0 Å². The second-order valence-electron chi connectivity index (χ2n) is 5.41. The van der Waals surface area contributed by atoms with Gasteiger partial charge in [0.15, 0.2) is 11.5 Å². The summed E-state index contributed by atoms with van der Waals surface area (Å²) in [7, 11) is 1.88. The topological polar surface area (TPSA) is 77.3 Å². The molecule has 3 aromatic heterocycles. The SMILES string of the molecule is Cn1cc(-c2c(N)nn3ccc(N4CCCC4)nc23)cn1. The van der Waals surface area contributed by atoms with Crippen LogP contribution < -0.4 is 10.6 Å². The lowest BCUT2D eigenvalue weighted by Gasteiger charge is -2.15. The molecule has 0 unspecified atom stereocenters. The van der Waals surface area contributed by atoms with E-state index in [4.69, 9.17) is 10.7 Å². The number of aromatic nitrogens is 5. The summed E-state index contributed by atoms with van der Waals surface area (Å²) in [4.78, 5) is 7.07. The van der Waals surface area contributed by atoms with Gasteiger partial charge in [0, 0.05) is 38.1 Å². The van der Waals surface area contributed by atoms with Gasteiger partial charge in [-0.1, -0.05) is 0 Å². The van der Waals surface area contributed by atoms with E-state index in [1.807, 2.05) is 25.5 Å². The maximum Gasteiger partial charge on any atom is 0.167 e. The van der Waals surface area contributed by atoms with Gasteiger partial charge in [-0.15, -0.1) is 5.10 Å². The molecule has 3 aromatic rings. The Morgan fingerprint density at radius 2 is 2.05 bits per heavy atom. The molecule has 1 fully saturated rings. The van der Waals surface area contributed by atoms with E-state index < -0.39 is 0 Å². The van der Waals surface area contributed by atoms with Crippen molar-refractivity contribution in [1.29, 1.82) is 0 Å². The molecule has 0 radical (unpaired) electrons. The first-order valence-corrected chi connectivity index (χ1v) is 7.11. The number of anilines is 2. The van der Waals surface area contributed by atoms with Crippen molar-refractivity contribution in [2.45, 2.75) is 12.8 Å². The van der Waals surface area contributed by atoms with Crippen LogP contribution >= 0.6 is 0 Å². The lowest BCUT2D eigenvalue weighted by Crippen LogP contribution is -2.19. The van der Waals surface area contributed by atoms with Crippen molar-refractivity contribution in [1.82, 2.24) is 24.4 Å². The number of hydrogen-bond acceptors (Lipinski definition) is 5. The third-order valence-corrected chi connectivity index (χ3v) is 3.92. The molecule has 1 aliphatic rings. The van der Waals surface area contributed by atoms with Crippen LogP contribution in [0.1, 0.15) is 12.8 Å². The maximum atomic E-state index is 6.08. The molecule has 0 atom stereocenters. The minimum Gasteiger partial charge on any atom is -0.382 e. The van der Waals surface area contributed by atoms with Gasteiger partial charge in [0.25, 0.3) is 0 Å². The number of nitrogens with two attached hydrogens (primary N) is 1. The molecule has 0 spiro atoms. The Balaban J connectivity index is 1.88. The fraction of sp³-hybridized carbons (Fsp3) is 0.357. The molecule has 0 aliphatic carbocycles. The monoisotopic (exact) mass is 283 g/mol. The molecule has 4 heterocycles. The molecule has 7 heteroatoms. The summed E-state index contributed by atoms with van der Waals surface area (Å²) >= 11 is 0. The van der Waals surface area contributed by atoms with E-state index in [2.05, 4.69) is 15.1 Å². The first-order chi connectivity index (χ1) is 10.2. The highest BCUT2D eigenvalue weighted by Gasteiger charge is 2.18. The van der Waals surface area contributed by atoms with Gasteiger partial charge in [-0.2, -0.15) is 5.10 Å². The molecular weight excluding hydrogens is 266 g/mol. The average molecular weight is 283 g/mol. The molecule has 1 aliphatic heterocycles. The second kappa shape index (κ2) is 4.47. The molecule has 1 saturated heterocycles. The summed E-state index contributed by atoms with van der Waals surface area (Å²) in [6.45, 7) is 2.13. The van der Waals surface area contributed by atoms with Gasteiger partial charge in [-0.3, -0.25) is 4.68 Å². The lowest BCUT2D eigenvalue weighted by molar-refractivity contribution is 0.768. The Morgan fingerprint density at radius 3 is 2.76 bits per heavy atom. The van der Waals surface area contributed by atoms with E-state index in [0.717, 1.165) is 35.7 Å². The highest BCUT2D eigenvalue weighted by molar-refractivity contribution is 5.86. The summed E-state index contributed by atoms with van der Waals surface area (Å²) in [6, 6.07) is 2.00. The molecule has 7 nitrogen and oxygen atoms in total. The standard InChI is InChI=1S/C14H17N7/c1-19-9-10(8-16-19)12-13(15)18-21-7-4-11(17-14(12)21)20-5-2-3-6-20/h4,7-9H,2-3,5-6H2,1H3,(H2,15,18). The fourth-order valence-electron chi connectivity index (χ4n) is 2.89. The van der Waals surface area contributed by atoms with E-state index in [0.29, 0.717) is 5.82 Å². The Kier molecular flexibility index (Phi) is 2.60. The highest BCUT2D eigenvalue weighted by Crippen LogP contribution is 2.30. The Morgan fingerprint density at radius 1 is 1.24 bits per heavy atom. The van der Waals surface area contributed by atoms with E-state index >= 15 is 0 Å². The highest BCUT2D eigenvalue weighted by atomic mass is 15.3. The van der Waals surface area contributed by atoms with Gasteiger partial charge in [0.1, 0.15) is 5.82 Å². The predicted molar refractivity (Wildman–Crippen MR) is 81.0 cm³/mol. The quantitative estimate of drug-likeness (QED) is 0.767. The van der Waals surface area contributed by atoms with Crippen molar-refractivity contribution in [2.24, 2.45) is 7.05 Å². The molecule has 0 bridgehead atoms. The van der Waals surface area contributed by atoms with Gasteiger partial charge in [0.05, 0.1) is 11.8 Å². The zero-order valence-electron chi connectivity index (χ0n) is 11.9. The summed E-state index contributed by atoms with van der Waals surface area (Å²) < 4.78 is 3.49. The van der Waals surface area contributed by atoms with Gasteiger partial charge in [-0.05, 0) is 18.9 Å². The Hall–Kier alpha value is -2.57. The maximum absolute atomic E-state index is 6.08. The summed E-state index contributed by atoms with van der Waals surface area (Å²) in [5.41, 5.74) is 8.65. The number of aryl methyl sites for hydroxylation is 1. The number of rotatable bonds is 2. The lowest BCUT2D eigenvalue weighted by atomic mass is 10.2. The van der Waals surface area contributed by atoms with E-state index in [1.165, 1.54) is 12.8 Å². The summed E-state index contributed by atoms with van der Waals surface area (Å²) in [5, 5.41) is 8.55. The Bertz CT molecular complexity index is 795. The number of nitrogen functional groups attached to an aromatic ring is 1. The number of hydrogen-bond donors (Lipinski definition) is 1. The summed E-state index contributed by atoms with van der Waals surface area (Å²) in [6.07, 6.45) is 8.09. The van der Waals surface area contributed by atoms with E-state index in [1.54, 1.807) is 15.4 Å². The van der Waals surface area contributed by atoms with Gasteiger partial charge in [0.2, 0.25) is 0 Å². The smallest absolute Gasteiger partial charge is 0.167 e. The average Bonchev–Trinajstić information content (AvgIpc) is 3.16. The minimum atomic E-state index is 0.481. The molecule has 0 aromatic carbocycles. The van der Waals surface area contributed by atoms with E-state index in [-0.39, 0.29) is 0 Å². The number of nitrogens with zero attached hydrogens (tertiary/aromatic N) is 6. The van der Waals surface area contributed by atoms with Crippen molar-refractivity contribution in [2.75, 3.05) is 23.7 Å². The third kappa shape index (κ3) is 1.93. The van der Waals surface area contributed by atoms with Crippen LogP contribution in [0, 0.1) is 0 Å². The summed E-state index contributed by atoms with van der Waals surface area (Å²) in [5.74, 6) is 1.47. The van der Waals surface area contributed by atoms with Gasteiger partial charge >= 0.3 is 0 Å². The third-order valence-electron chi connectivity index (χ3n) is 3.92. The van der Waals surface area contributed by atoms with Crippen LogP contribution in [0.4, 0.5) is 11.6 Å². The molecule has 2 N–H and O–H groups in total. The fourth-order valence-corrected chi connectivity index (χ4v) is 2.89. The molecule has 0 saturated carbocycles. The molecule has 21 heavy (non-hydrogen) atoms. The predicted octanol–water partition coefficient (Wildman–Crippen LogP) is 1.31. The van der Waals surface area contributed by atoms with Gasteiger partial charge < -0.3 is 10.6 Å². The first-order valence-electron chi connectivity index (χ1n) is 7.11. The van der Waals surface area contributed by atoms with Crippen molar-refractivity contribution in [3.05, 3.63) is 24.7 Å². The first kappa shape index (κ1) is 12.2. The van der Waals surface area contributed by atoms with Crippen LogP contribution in [0.15, 0.2) is 24.7 Å². The van der Waals surface area contributed by atoms with E-state index in [9.17, 15) is 0 Å². The number of fused-ring (bicyclic) bond motifs is 1. The van der Waals surface area contributed by atoms with Crippen LogP contribution in [-0.2, 0) is 7.05 Å². The molecule has 4 rings (SSSR count). The van der Waals surface area contributed by atoms with Crippen molar-refractivity contribution < 1.29 is 0 Å². The zero-order valence-corrected chi connectivity index (χ0v) is 11.9. The largest absolute Gasteiger partial charge is 0.382 e. The molecule has 108 valence electrons.